The van der Waals surface area contributed by atoms with Crippen molar-refractivity contribution in [3.05, 3.63) is 51.4 Å². The second-order valence-corrected chi connectivity index (χ2v) is 7.72. The van der Waals surface area contributed by atoms with Crippen LogP contribution in [0.3, 0.4) is 0 Å². The van der Waals surface area contributed by atoms with Gasteiger partial charge in [-0.3, -0.25) is 4.90 Å². The zero-order valence-electron chi connectivity index (χ0n) is 15.4. The van der Waals surface area contributed by atoms with E-state index >= 15 is 0 Å². The fourth-order valence-corrected chi connectivity index (χ4v) is 4.04. The first kappa shape index (κ1) is 20.3. The maximum atomic E-state index is 11.3. The first-order valence-corrected chi connectivity index (χ1v) is 10.1. The fourth-order valence-electron chi connectivity index (χ4n) is 2.63. The summed E-state index contributed by atoms with van der Waals surface area (Å²) in [4.78, 5) is 17.2. The van der Waals surface area contributed by atoms with Gasteiger partial charge in [-0.15, -0.1) is 11.3 Å². The summed E-state index contributed by atoms with van der Waals surface area (Å²) in [6.45, 7) is 2.40. The number of fused-ring (bicyclic) bond motifs is 1. The number of anilines is 1. The Labute approximate surface area is 175 Å². The molecular formula is C20H19BrN2O4S. The minimum Gasteiger partial charge on any atom is -0.466 e. The Bertz CT molecular complexity index is 1020. The van der Waals surface area contributed by atoms with Crippen LogP contribution in [-0.2, 0) is 4.74 Å². The van der Waals surface area contributed by atoms with E-state index in [4.69, 9.17) is 9.47 Å². The fraction of sp³-hybridized carbons (Fsp3) is 0.200. The third kappa shape index (κ3) is 4.70. The van der Waals surface area contributed by atoms with Crippen LogP contribution in [0.4, 0.5) is 10.5 Å². The Morgan fingerprint density at radius 1 is 1.29 bits per heavy atom. The summed E-state index contributed by atoms with van der Waals surface area (Å²) in [7, 11) is 1.58. The van der Waals surface area contributed by atoms with E-state index in [1.54, 1.807) is 13.2 Å². The average molecular weight is 463 g/mol. The monoisotopic (exact) mass is 462 g/mol. The highest BCUT2D eigenvalue weighted by molar-refractivity contribution is 9.10. The van der Waals surface area contributed by atoms with Gasteiger partial charge in [0.05, 0.1) is 14.7 Å². The molecule has 3 aromatic rings. The standard InChI is InChI=1S/C20H19BrN2O4S/c1-3-23(20(24)25)14-6-7-16-18(11-14)28-19(22-16)9-5-13-4-8-17(15(21)10-13)27-12-26-2/h4-11H,3,12H2,1-2H3,(H,24,25). The molecule has 3 rings (SSSR count). The first-order valence-electron chi connectivity index (χ1n) is 8.52. The topological polar surface area (TPSA) is 71.9 Å². The molecule has 0 saturated heterocycles. The lowest BCUT2D eigenvalue weighted by Crippen LogP contribution is -2.28. The number of methoxy groups -OCH3 is 1. The predicted molar refractivity (Wildman–Crippen MR) is 116 cm³/mol. The van der Waals surface area contributed by atoms with Crippen molar-refractivity contribution in [3.8, 4) is 5.75 Å². The second kappa shape index (κ2) is 9.18. The lowest BCUT2D eigenvalue weighted by molar-refractivity contribution is 0.0506. The van der Waals surface area contributed by atoms with Crippen molar-refractivity contribution in [3.63, 3.8) is 0 Å². The number of benzene rings is 2. The number of hydrogen-bond acceptors (Lipinski definition) is 5. The zero-order chi connectivity index (χ0) is 20.1. The SMILES string of the molecule is CCN(C(=O)O)c1ccc2nc(C=Cc3ccc(OCOC)c(Br)c3)sc2c1. The number of aromatic nitrogens is 1. The number of carbonyl (C=O) groups is 1. The summed E-state index contributed by atoms with van der Waals surface area (Å²) >= 11 is 5.01. The van der Waals surface area contributed by atoms with Crippen LogP contribution >= 0.6 is 27.3 Å². The maximum Gasteiger partial charge on any atom is 0.411 e. The zero-order valence-corrected chi connectivity index (χ0v) is 17.8. The second-order valence-electron chi connectivity index (χ2n) is 5.81. The molecular weight excluding hydrogens is 444 g/mol. The van der Waals surface area contributed by atoms with Gasteiger partial charge in [0.1, 0.15) is 10.8 Å². The van der Waals surface area contributed by atoms with Gasteiger partial charge in [0.15, 0.2) is 6.79 Å². The number of rotatable bonds is 7. The Morgan fingerprint density at radius 3 is 2.79 bits per heavy atom. The van der Waals surface area contributed by atoms with E-state index in [2.05, 4.69) is 20.9 Å². The normalized spacial score (nSPS) is 11.2. The highest BCUT2D eigenvalue weighted by Crippen LogP contribution is 2.29. The van der Waals surface area contributed by atoms with Crippen molar-refractivity contribution in [2.75, 3.05) is 25.3 Å². The number of nitrogens with zero attached hydrogens (tertiary/aromatic N) is 2. The number of hydrogen-bond donors (Lipinski definition) is 1. The molecule has 0 aliphatic rings. The molecule has 0 fully saturated rings. The van der Waals surface area contributed by atoms with Crippen LogP contribution in [0.1, 0.15) is 17.5 Å². The van der Waals surface area contributed by atoms with Crippen molar-refractivity contribution in [1.82, 2.24) is 4.98 Å². The molecule has 1 N–H and O–H groups in total. The van der Waals surface area contributed by atoms with Gasteiger partial charge >= 0.3 is 6.09 Å². The van der Waals surface area contributed by atoms with Gasteiger partial charge in [-0.1, -0.05) is 12.1 Å². The van der Waals surface area contributed by atoms with E-state index in [1.807, 2.05) is 49.4 Å². The number of ether oxygens (including phenoxy) is 2. The molecule has 1 aromatic heterocycles. The number of halogens is 1. The Morgan fingerprint density at radius 2 is 2.11 bits per heavy atom. The third-order valence-corrected chi connectivity index (χ3v) is 5.56. The van der Waals surface area contributed by atoms with Crippen molar-refractivity contribution in [1.29, 1.82) is 0 Å². The van der Waals surface area contributed by atoms with Crippen molar-refractivity contribution in [2.45, 2.75) is 6.92 Å². The summed E-state index contributed by atoms with van der Waals surface area (Å²) in [5.74, 6) is 0.713. The molecule has 0 atom stereocenters. The van der Waals surface area contributed by atoms with Crippen molar-refractivity contribution < 1.29 is 19.4 Å². The van der Waals surface area contributed by atoms with E-state index < -0.39 is 6.09 Å². The largest absolute Gasteiger partial charge is 0.466 e. The van der Waals surface area contributed by atoms with E-state index in [-0.39, 0.29) is 6.79 Å². The molecule has 8 heteroatoms. The van der Waals surface area contributed by atoms with Crippen molar-refractivity contribution in [2.24, 2.45) is 0 Å². The molecule has 0 unspecified atom stereocenters. The molecule has 6 nitrogen and oxygen atoms in total. The molecule has 28 heavy (non-hydrogen) atoms. The molecule has 0 bridgehead atoms. The quantitative estimate of drug-likeness (QED) is 0.454. The van der Waals surface area contributed by atoms with Crippen LogP contribution in [0.15, 0.2) is 40.9 Å². The third-order valence-electron chi connectivity index (χ3n) is 3.95. The number of thiazole rings is 1. The van der Waals surface area contributed by atoms with E-state index in [0.717, 1.165) is 25.3 Å². The molecule has 2 aromatic carbocycles. The average Bonchev–Trinajstić information content (AvgIpc) is 3.08. The van der Waals surface area contributed by atoms with Crippen LogP contribution in [0.25, 0.3) is 22.4 Å². The van der Waals surface area contributed by atoms with E-state index in [9.17, 15) is 9.90 Å². The Balaban J connectivity index is 1.80. The smallest absolute Gasteiger partial charge is 0.411 e. The molecule has 1 amide bonds. The van der Waals surface area contributed by atoms with Gasteiger partial charge in [-0.05, 0) is 64.8 Å². The van der Waals surface area contributed by atoms with Crippen LogP contribution in [0.5, 0.6) is 5.75 Å². The molecule has 0 saturated carbocycles. The molecule has 0 aliphatic carbocycles. The highest BCUT2D eigenvalue weighted by atomic mass is 79.9. The van der Waals surface area contributed by atoms with Gasteiger partial charge in [0.2, 0.25) is 0 Å². The van der Waals surface area contributed by atoms with Gasteiger partial charge in [0, 0.05) is 19.3 Å². The number of carboxylic acid groups (broad SMARTS) is 1. The summed E-state index contributed by atoms with van der Waals surface area (Å²) < 4.78 is 12.1. The van der Waals surface area contributed by atoms with Crippen molar-refractivity contribution >= 4 is 61.4 Å². The van der Waals surface area contributed by atoms with Crippen LogP contribution in [0.2, 0.25) is 0 Å². The summed E-state index contributed by atoms with van der Waals surface area (Å²) in [6.07, 6.45) is 2.95. The molecule has 0 aliphatic heterocycles. The first-order chi connectivity index (χ1) is 13.5. The van der Waals surface area contributed by atoms with Gasteiger partial charge < -0.3 is 14.6 Å². The van der Waals surface area contributed by atoms with Gasteiger partial charge in [-0.2, -0.15) is 0 Å². The lowest BCUT2D eigenvalue weighted by Gasteiger charge is -2.16. The summed E-state index contributed by atoms with van der Waals surface area (Å²) in [6, 6.07) is 11.3. The van der Waals surface area contributed by atoms with E-state index in [1.165, 1.54) is 16.2 Å². The van der Waals surface area contributed by atoms with Crippen LogP contribution in [0, 0.1) is 0 Å². The Hall–Kier alpha value is -2.42. The number of amides is 1. The van der Waals surface area contributed by atoms with Gasteiger partial charge in [0.25, 0.3) is 0 Å². The highest BCUT2D eigenvalue weighted by Gasteiger charge is 2.13. The molecule has 1 heterocycles. The molecule has 0 spiro atoms. The lowest BCUT2D eigenvalue weighted by atomic mass is 10.2. The minimum absolute atomic E-state index is 0.193. The Kier molecular flexibility index (Phi) is 6.66. The van der Waals surface area contributed by atoms with Gasteiger partial charge in [-0.25, -0.2) is 9.78 Å². The predicted octanol–water partition coefficient (Wildman–Crippen LogP) is 5.72. The van der Waals surface area contributed by atoms with E-state index in [0.29, 0.717) is 18.0 Å². The molecule has 0 radical (unpaired) electrons. The van der Waals surface area contributed by atoms with Crippen LogP contribution < -0.4 is 9.64 Å². The minimum atomic E-state index is -0.963. The maximum absolute atomic E-state index is 11.3. The summed E-state index contributed by atoms with van der Waals surface area (Å²) in [5, 5.41) is 10.1. The van der Waals surface area contributed by atoms with Crippen LogP contribution in [-0.4, -0.2) is 36.6 Å². The molecule has 146 valence electrons. The summed E-state index contributed by atoms with van der Waals surface area (Å²) in [5.41, 5.74) is 2.50.